The smallest absolute Gasteiger partial charge is 0.123 e. The van der Waals surface area contributed by atoms with Crippen molar-refractivity contribution < 1.29 is 8.95 Å². The number of ether oxygens (including phenoxy) is 1. The minimum atomic E-state index is -0.943. The summed E-state index contributed by atoms with van der Waals surface area (Å²) in [7, 11) is 0.687. The maximum Gasteiger partial charge on any atom is 0.123 e. The molecule has 1 rings (SSSR count). The topological polar surface area (TPSA) is 52.3 Å². The molecule has 2 unspecified atom stereocenters. The van der Waals surface area contributed by atoms with E-state index in [0.29, 0.717) is 5.75 Å². The van der Waals surface area contributed by atoms with Crippen LogP contribution in [-0.4, -0.2) is 16.1 Å². The van der Waals surface area contributed by atoms with Crippen LogP contribution in [-0.2, 0) is 16.6 Å². The summed E-state index contributed by atoms with van der Waals surface area (Å²) in [4.78, 5) is 0. The molecule has 0 aliphatic heterocycles. The van der Waals surface area contributed by atoms with E-state index in [9.17, 15) is 4.21 Å². The maximum absolute atomic E-state index is 12.2. The lowest BCUT2D eigenvalue weighted by Gasteiger charge is -2.19. The van der Waals surface area contributed by atoms with Gasteiger partial charge in [-0.2, -0.15) is 0 Å². The second-order valence-electron chi connectivity index (χ2n) is 5.46. The van der Waals surface area contributed by atoms with Crippen molar-refractivity contribution in [2.24, 2.45) is 5.73 Å². The lowest BCUT2D eigenvalue weighted by Crippen LogP contribution is -2.23. The fourth-order valence-corrected chi connectivity index (χ4v) is 2.49. The fraction of sp³-hybridized carbons (Fsp3) is 0.571. The number of rotatable bonds is 4. The van der Waals surface area contributed by atoms with Gasteiger partial charge in [-0.25, -0.2) is 0 Å². The lowest BCUT2D eigenvalue weighted by atomic mass is 10.1. The molecule has 2 atom stereocenters. The van der Waals surface area contributed by atoms with Crippen LogP contribution >= 0.6 is 0 Å². The highest BCUT2D eigenvalue weighted by molar-refractivity contribution is 7.85. The molecule has 0 heterocycles. The van der Waals surface area contributed by atoms with E-state index in [4.69, 9.17) is 10.5 Å². The largest absolute Gasteiger partial charge is 0.496 e. The van der Waals surface area contributed by atoms with Gasteiger partial charge in [-0.1, -0.05) is 6.07 Å². The summed E-state index contributed by atoms with van der Waals surface area (Å²) in [6.45, 7) is 7.87. The predicted octanol–water partition coefficient (Wildman–Crippen LogP) is 2.76. The molecule has 4 heteroatoms. The molecule has 0 spiro atoms. The van der Waals surface area contributed by atoms with Crippen LogP contribution in [0, 0.1) is 0 Å². The summed E-state index contributed by atoms with van der Waals surface area (Å²) in [6, 6.07) is 5.81. The van der Waals surface area contributed by atoms with Gasteiger partial charge < -0.3 is 10.5 Å². The van der Waals surface area contributed by atoms with Crippen LogP contribution in [0.25, 0.3) is 0 Å². The molecule has 0 radical (unpaired) electrons. The summed E-state index contributed by atoms with van der Waals surface area (Å²) in [5.74, 6) is 1.27. The normalized spacial score (nSPS) is 15.2. The minimum Gasteiger partial charge on any atom is -0.496 e. The van der Waals surface area contributed by atoms with Crippen molar-refractivity contribution in [2.45, 2.75) is 44.2 Å². The van der Waals surface area contributed by atoms with Crippen LogP contribution in [0.2, 0.25) is 0 Å². The van der Waals surface area contributed by atoms with Crippen molar-refractivity contribution in [3.63, 3.8) is 0 Å². The molecule has 0 saturated heterocycles. The van der Waals surface area contributed by atoms with Crippen LogP contribution in [0.15, 0.2) is 18.2 Å². The van der Waals surface area contributed by atoms with E-state index in [2.05, 4.69) is 0 Å². The molecule has 0 aromatic heterocycles. The van der Waals surface area contributed by atoms with Crippen LogP contribution in [0.5, 0.6) is 5.75 Å². The molecule has 0 bridgehead atoms. The van der Waals surface area contributed by atoms with Crippen LogP contribution in [0.4, 0.5) is 0 Å². The van der Waals surface area contributed by atoms with E-state index in [1.165, 1.54) is 0 Å². The molecule has 0 saturated carbocycles. The third-order valence-corrected chi connectivity index (χ3v) is 4.74. The Morgan fingerprint density at radius 1 is 1.39 bits per heavy atom. The number of benzene rings is 1. The van der Waals surface area contributed by atoms with Gasteiger partial charge in [0.25, 0.3) is 0 Å². The molecule has 0 aliphatic rings. The van der Waals surface area contributed by atoms with E-state index in [0.717, 1.165) is 16.9 Å². The highest BCUT2D eigenvalue weighted by atomic mass is 32.2. The second kappa shape index (κ2) is 5.85. The summed E-state index contributed by atoms with van der Waals surface area (Å²) in [5, 5.41) is 0. The Hall–Kier alpha value is -0.870. The Kier molecular flexibility index (Phi) is 4.93. The summed E-state index contributed by atoms with van der Waals surface area (Å²) in [5.41, 5.74) is 7.87. The van der Waals surface area contributed by atoms with Crippen molar-refractivity contribution in [1.29, 1.82) is 0 Å². The number of methoxy groups -OCH3 is 1. The second-order valence-corrected chi connectivity index (χ2v) is 7.67. The third-order valence-electron chi connectivity index (χ3n) is 2.80. The first-order valence-electron chi connectivity index (χ1n) is 6.06. The van der Waals surface area contributed by atoms with Crippen LogP contribution < -0.4 is 10.5 Å². The highest BCUT2D eigenvalue weighted by Crippen LogP contribution is 2.26. The van der Waals surface area contributed by atoms with Gasteiger partial charge in [0, 0.05) is 27.2 Å². The van der Waals surface area contributed by atoms with Gasteiger partial charge in [0.2, 0.25) is 0 Å². The van der Waals surface area contributed by atoms with E-state index >= 15 is 0 Å². The van der Waals surface area contributed by atoms with Crippen molar-refractivity contribution in [1.82, 2.24) is 0 Å². The van der Waals surface area contributed by atoms with Gasteiger partial charge in [0.15, 0.2) is 0 Å². The lowest BCUT2D eigenvalue weighted by molar-refractivity contribution is 0.411. The molecular weight excluding hydrogens is 246 g/mol. The Morgan fingerprint density at radius 3 is 2.44 bits per heavy atom. The zero-order chi connectivity index (χ0) is 13.9. The molecule has 102 valence electrons. The Labute approximate surface area is 112 Å². The van der Waals surface area contributed by atoms with Gasteiger partial charge in [0.05, 0.1) is 12.9 Å². The SMILES string of the molecule is COc1ccc(C(C)N)cc1CS(=O)C(C)(C)C. The van der Waals surface area contributed by atoms with E-state index < -0.39 is 10.8 Å². The molecule has 1 aromatic rings. The Bertz CT molecular complexity index is 436. The minimum absolute atomic E-state index is 0.0299. The summed E-state index contributed by atoms with van der Waals surface area (Å²) >= 11 is 0. The average molecular weight is 269 g/mol. The molecule has 0 fully saturated rings. The first kappa shape index (κ1) is 15.2. The standard InChI is InChI=1S/C14H23NO2S/c1-10(15)11-6-7-13(17-5)12(8-11)9-18(16)14(2,3)4/h6-8,10H,9,15H2,1-5H3. The Morgan fingerprint density at radius 2 is 2.00 bits per heavy atom. The fourth-order valence-electron chi connectivity index (χ4n) is 1.55. The van der Waals surface area contributed by atoms with Crippen LogP contribution in [0.3, 0.4) is 0 Å². The predicted molar refractivity (Wildman–Crippen MR) is 77.2 cm³/mol. The van der Waals surface area contributed by atoms with E-state index in [-0.39, 0.29) is 10.8 Å². The number of hydrogen-bond acceptors (Lipinski definition) is 3. The van der Waals surface area contributed by atoms with Crippen molar-refractivity contribution in [2.75, 3.05) is 7.11 Å². The molecule has 3 nitrogen and oxygen atoms in total. The summed E-state index contributed by atoms with van der Waals surface area (Å²) < 4.78 is 17.3. The van der Waals surface area contributed by atoms with E-state index in [1.54, 1.807) is 7.11 Å². The van der Waals surface area contributed by atoms with Gasteiger partial charge in [-0.15, -0.1) is 0 Å². The molecule has 0 amide bonds. The van der Waals surface area contributed by atoms with Crippen molar-refractivity contribution >= 4 is 10.8 Å². The maximum atomic E-state index is 12.2. The van der Waals surface area contributed by atoms with Crippen molar-refractivity contribution in [3.05, 3.63) is 29.3 Å². The van der Waals surface area contributed by atoms with Gasteiger partial charge >= 0.3 is 0 Å². The first-order chi connectivity index (χ1) is 8.25. The Balaban J connectivity index is 3.06. The number of hydrogen-bond donors (Lipinski definition) is 1. The molecule has 1 aromatic carbocycles. The highest BCUT2D eigenvalue weighted by Gasteiger charge is 2.21. The zero-order valence-electron chi connectivity index (χ0n) is 11.8. The number of nitrogens with two attached hydrogens (primary N) is 1. The third kappa shape index (κ3) is 3.82. The van der Waals surface area contributed by atoms with Gasteiger partial charge in [-0.05, 0) is 45.4 Å². The zero-order valence-corrected chi connectivity index (χ0v) is 12.6. The van der Waals surface area contributed by atoms with Gasteiger partial charge in [-0.3, -0.25) is 4.21 Å². The molecule has 0 aliphatic carbocycles. The monoisotopic (exact) mass is 269 g/mol. The molecular formula is C14H23NO2S. The van der Waals surface area contributed by atoms with Crippen LogP contribution in [0.1, 0.15) is 44.9 Å². The molecule has 2 N–H and O–H groups in total. The quantitative estimate of drug-likeness (QED) is 0.914. The molecule has 18 heavy (non-hydrogen) atoms. The first-order valence-corrected chi connectivity index (χ1v) is 7.38. The van der Waals surface area contributed by atoms with E-state index in [1.807, 2.05) is 45.9 Å². The van der Waals surface area contributed by atoms with Crippen molar-refractivity contribution in [3.8, 4) is 5.75 Å². The summed E-state index contributed by atoms with van der Waals surface area (Å²) in [6.07, 6.45) is 0. The average Bonchev–Trinajstić information content (AvgIpc) is 2.27. The van der Waals surface area contributed by atoms with Gasteiger partial charge in [0.1, 0.15) is 5.75 Å².